The molecule has 2 amide bonds. The van der Waals surface area contributed by atoms with Gasteiger partial charge in [-0.05, 0) is 37.8 Å². The van der Waals surface area contributed by atoms with Gasteiger partial charge in [0.1, 0.15) is 11.4 Å². The number of piperazine rings is 1. The number of benzene rings is 2. The molecule has 0 aromatic heterocycles. The summed E-state index contributed by atoms with van der Waals surface area (Å²) in [6.07, 6.45) is 4.87. The minimum absolute atomic E-state index is 0.0965. The van der Waals surface area contributed by atoms with E-state index >= 15 is 0 Å². The van der Waals surface area contributed by atoms with Crippen molar-refractivity contribution >= 4 is 17.4 Å². The lowest BCUT2D eigenvalue weighted by Crippen LogP contribution is -2.51. The number of anilines is 1. The smallest absolute Gasteiger partial charge is 0.317 e. The largest absolute Gasteiger partial charge is 0.490 e. The van der Waals surface area contributed by atoms with Crippen molar-refractivity contribution in [2.45, 2.75) is 38.3 Å². The second-order valence-electron chi connectivity index (χ2n) is 8.01. The van der Waals surface area contributed by atoms with Crippen LogP contribution in [-0.4, -0.2) is 48.1 Å². The van der Waals surface area contributed by atoms with E-state index in [-0.39, 0.29) is 22.7 Å². The van der Waals surface area contributed by atoms with Gasteiger partial charge in [0.05, 0.1) is 11.0 Å². The fraction of sp³-hybridized carbons (Fsp3) is 0.435. The van der Waals surface area contributed by atoms with Crippen molar-refractivity contribution in [2.75, 3.05) is 31.1 Å². The van der Waals surface area contributed by atoms with Crippen molar-refractivity contribution in [1.29, 1.82) is 0 Å². The highest BCUT2D eigenvalue weighted by Gasteiger charge is 2.25. The molecule has 8 heteroatoms. The van der Waals surface area contributed by atoms with E-state index in [0.29, 0.717) is 38.4 Å². The Morgan fingerprint density at radius 3 is 2.45 bits per heavy atom. The number of rotatable bonds is 6. The SMILES string of the molecule is O=C(NCc1ccccc1OC1CCCC1)N1CCN(c2ccccc2[N+](=O)[O-])CC1. The fourth-order valence-electron chi connectivity index (χ4n) is 4.27. The van der Waals surface area contributed by atoms with Gasteiger partial charge in [0, 0.05) is 44.4 Å². The summed E-state index contributed by atoms with van der Waals surface area (Å²) in [6.45, 7) is 2.54. The summed E-state index contributed by atoms with van der Waals surface area (Å²) in [5, 5.41) is 14.3. The average Bonchev–Trinajstić information content (AvgIpc) is 3.31. The molecular weight excluding hydrogens is 396 g/mol. The number of hydrogen-bond acceptors (Lipinski definition) is 5. The Kier molecular flexibility index (Phi) is 6.54. The molecule has 1 saturated heterocycles. The third kappa shape index (κ3) is 5.07. The van der Waals surface area contributed by atoms with Crippen LogP contribution in [0.1, 0.15) is 31.2 Å². The lowest BCUT2D eigenvalue weighted by molar-refractivity contribution is -0.384. The Bertz CT molecular complexity index is 921. The number of urea groups is 1. The minimum atomic E-state index is -0.362. The maximum atomic E-state index is 12.7. The second kappa shape index (κ2) is 9.68. The minimum Gasteiger partial charge on any atom is -0.490 e. The first-order valence-electron chi connectivity index (χ1n) is 10.9. The summed E-state index contributed by atoms with van der Waals surface area (Å²) in [5.41, 5.74) is 1.67. The van der Waals surface area contributed by atoms with Crippen molar-refractivity contribution < 1.29 is 14.5 Å². The van der Waals surface area contributed by atoms with Crippen molar-refractivity contribution in [1.82, 2.24) is 10.2 Å². The van der Waals surface area contributed by atoms with Gasteiger partial charge in [-0.1, -0.05) is 30.3 Å². The predicted molar refractivity (Wildman–Crippen MR) is 118 cm³/mol. The first-order chi connectivity index (χ1) is 15.1. The fourth-order valence-corrected chi connectivity index (χ4v) is 4.27. The molecule has 0 bridgehead atoms. The Morgan fingerprint density at radius 2 is 1.71 bits per heavy atom. The Labute approximate surface area is 181 Å². The predicted octanol–water partition coefficient (Wildman–Crippen LogP) is 3.95. The summed E-state index contributed by atoms with van der Waals surface area (Å²) in [6, 6.07) is 14.5. The molecule has 1 heterocycles. The molecule has 1 N–H and O–H groups in total. The van der Waals surface area contributed by atoms with Crippen molar-refractivity contribution in [3.8, 4) is 5.75 Å². The van der Waals surface area contributed by atoms with Crippen LogP contribution in [0.3, 0.4) is 0 Å². The summed E-state index contributed by atoms with van der Waals surface area (Å²) in [4.78, 5) is 27.3. The summed E-state index contributed by atoms with van der Waals surface area (Å²) < 4.78 is 6.15. The molecule has 164 valence electrons. The van der Waals surface area contributed by atoms with Crippen molar-refractivity contribution in [2.24, 2.45) is 0 Å². The van der Waals surface area contributed by atoms with E-state index < -0.39 is 0 Å². The zero-order valence-electron chi connectivity index (χ0n) is 17.5. The third-order valence-electron chi connectivity index (χ3n) is 5.98. The van der Waals surface area contributed by atoms with Crippen LogP contribution in [0.4, 0.5) is 16.2 Å². The van der Waals surface area contributed by atoms with Gasteiger partial charge in [0.25, 0.3) is 5.69 Å². The van der Waals surface area contributed by atoms with Gasteiger partial charge in [-0.25, -0.2) is 4.79 Å². The number of ether oxygens (including phenoxy) is 1. The van der Waals surface area contributed by atoms with Gasteiger partial charge in [-0.15, -0.1) is 0 Å². The van der Waals surface area contributed by atoms with Crippen LogP contribution in [-0.2, 0) is 6.54 Å². The molecule has 2 aromatic carbocycles. The van der Waals surface area contributed by atoms with Crippen LogP contribution in [0.5, 0.6) is 5.75 Å². The summed E-state index contributed by atoms with van der Waals surface area (Å²) >= 11 is 0. The van der Waals surface area contributed by atoms with E-state index in [2.05, 4.69) is 5.32 Å². The van der Waals surface area contributed by atoms with Gasteiger partial charge in [0.15, 0.2) is 0 Å². The highest BCUT2D eigenvalue weighted by molar-refractivity contribution is 5.75. The molecule has 0 spiro atoms. The van der Waals surface area contributed by atoms with Gasteiger partial charge in [-0.2, -0.15) is 0 Å². The molecular formula is C23H28N4O4. The lowest BCUT2D eigenvalue weighted by atomic mass is 10.2. The standard InChI is InChI=1S/C23H28N4O4/c28-23(24-17-18-7-1-6-12-22(18)31-19-8-2-3-9-19)26-15-13-25(14-16-26)20-10-4-5-11-21(20)27(29)30/h1,4-7,10-12,19H,2-3,8-9,13-17H2,(H,24,28). The summed E-state index contributed by atoms with van der Waals surface area (Å²) in [7, 11) is 0. The normalized spacial score (nSPS) is 16.9. The lowest BCUT2D eigenvalue weighted by Gasteiger charge is -2.35. The number of para-hydroxylation sites is 3. The van der Waals surface area contributed by atoms with E-state index in [1.807, 2.05) is 29.2 Å². The van der Waals surface area contributed by atoms with Crippen LogP contribution in [0.2, 0.25) is 0 Å². The van der Waals surface area contributed by atoms with Gasteiger partial charge >= 0.3 is 6.03 Å². The highest BCUT2D eigenvalue weighted by atomic mass is 16.6. The van der Waals surface area contributed by atoms with Crippen molar-refractivity contribution in [3.63, 3.8) is 0 Å². The van der Waals surface area contributed by atoms with E-state index in [0.717, 1.165) is 24.2 Å². The molecule has 0 atom stereocenters. The van der Waals surface area contributed by atoms with Crippen molar-refractivity contribution in [3.05, 3.63) is 64.2 Å². The molecule has 0 unspecified atom stereocenters. The Balaban J connectivity index is 1.31. The van der Waals surface area contributed by atoms with Crippen LogP contribution >= 0.6 is 0 Å². The van der Waals surface area contributed by atoms with Crippen LogP contribution in [0.25, 0.3) is 0 Å². The molecule has 2 fully saturated rings. The monoisotopic (exact) mass is 424 g/mol. The molecule has 1 aliphatic heterocycles. The van der Waals surface area contributed by atoms with E-state index in [9.17, 15) is 14.9 Å². The maximum Gasteiger partial charge on any atom is 0.317 e. The molecule has 1 saturated carbocycles. The van der Waals surface area contributed by atoms with Gasteiger partial charge in [0.2, 0.25) is 0 Å². The topological polar surface area (TPSA) is 88.0 Å². The number of nitrogens with zero attached hydrogens (tertiary/aromatic N) is 3. The first-order valence-corrected chi connectivity index (χ1v) is 10.9. The van der Waals surface area contributed by atoms with E-state index in [1.54, 1.807) is 23.1 Å². The highest BCUT2D eigenvalue weighted by Crippen LogP contribution is 2.29. The molecule has 1 aliphatic carbocycles. The zero-order chi connectivity index (χ0) is 21.6. The number of amides is 2. The number of carbonyl (C=O) groups excluding carboxylic acids is 1. The van der Waals surface area contributed by atoms with Crippen LogP contribution in [0, 0.1) is 10.1 Å². The second-order valence-corrected chi connectivity index (χ2v) is 8.01. The van der Waals surface area contributed by atoms with Gasteiger partial charge < -0.3 is 19.9 Å². The van der Waals surface area contributed by atoms with E-state index in [4.69, 9.17) is 4.74 Å². The molecule has 2 aromatic rings. The first kappa shape index (κ1) is 21.0. The molecule has 2 aliphatic rings. The molecule has 4 rings (SSSR count). The number of hydrogen-bond donors (Lipinski definition) is 1. The zero-order valence-corrected chi connectivity index (χ0v) is 17.5. The van der Waals surface area contributed by atoms with Crippen LogP contribution < -0.4 is 15.0 Å². The molecule has 0 radical (unpaired) electrons. The Morgan fingerprint density at radius 1 is 1.03 bits per heavy atom. The van der Waals surface area contributed by atoms with E-state index in [1.165, 1.54) is 18.9 Å². The number of nitro benzene ring substituents is 1. The summed E-state index contributed by atoms with van der Waals surface area (Å²) in [5.74, 6) is 0.843. The number of nitrogens with one attached hydrogen (secondary N) is 1. The quantitative estimate of drug-likeness (QED) is 0.560. The van der Waals surface area contributed by atoms with Gasteiger partial charge in [-0.3, -0.25) is 10.1 Å². The number of carbonyl (C=O) groups is 1. The maximum absolute atomic E-state index is 12.7. The Hall–Kier alpha value is -3.29. The number of nitro groups is 1. The molecule has 31 heavy (non-hydrogen) atoms. The average molecular weight is 425 g/mol. The van der Waals surface area contributed by atoms with Crippen LogP contribution in [0.15, 0.2) is 48.5 Å². The molecule has 8 nitrogen and oxygen atoms in total. The third-order valence-corrected chi connectivity index (χ3v) is 5.98.